The summed E-state index contributed by atoms with van der Waals surface area (Å²) < 4.78 is 5.66. The third-order valence-electron chi connectivity index (χ3n) is 5.48. The van der Waals surface area contributed by atoms with Crippen molar-refractivity contribution in [3.63, 3.8) is 0 Å². The second-order valence-corrected chi connectivity index (χ2v) is 7.12. The van der Waals surface area contributed by atoms with E-state index in [0.717, 1.165) is 29.8 Å². The summed E-state index contributed by atoms with van der Waals surface area (Å²) in [5.74, 6) is 2.00. The Morgan fingerprint density at radius 1 is 1.30 bits per heavy atom. The molecule has 0 spiro atoms. The van der Waals surface area contributed by atoms with Crippen LogP contribution in [0, 0.1) is 24.7 Å². The molecule has 1 aromatic rings. The van der Waals surface area contributed by atoms with E-state index in [1.807, 2.05) is 32.0 Å². The molecule has 0 aromatic heterocycles. The summed E-state index contributed by atoms with van der Waals surface area (Å²) in [6.45, 7) is 4.57. The quantitative estimate of drug-likeness (QED) is 0.893. The lowest BCUT2D eigenvalue weighted by molar-refractivity contribution is -0.122. The van der Waals surface area contributed by atoms with E-state index in [0.29, 0.717) is 24.5 Å². The molecule has 4 heteroatoms. The number of hydrogen-bond donors (Lipinski definition) is 2. The molecule has 4 nitrogen and oxygen atoms in total. The van der Waals surface area contributed by atoms with Gasteiger partial charge in [0.2, 0.25) is 5.91 Å². The van der Waals surface area contributed by atoms with Gasteiger partial charge in [-0.05, 0) is 69.1 Å². The summed E-state index contributed by atoms with van der Waals surface area (Å²) in [5.41, 5.74) is 8.24. The molecule has 0 aliphatic heterocycles. The lowest BCUT2D eigenvalue weighted by atomic mass is 9.65. The normalized spacial score (nSPS) is 29.9. The second-order valence-electron chi connectivity index (χ2n) is 7.12. The number of amides is 1. The van der Waals surface area contributed by atoms with E-state index < -0.39 is 0 Å². The van der Waals surface area contributed by atoms with E-state index in [1.54, 1.807) is 0 Å². The van der Waals surface area contributed by atoms with E-state index >= 15 is 0 Å². The minimum Gasteiger partial charge on any atom is -0.492 e. The largest absolute Gasteiger partial charge is 0.492 e. The van der Waals surface area contributed by atoms with E-state index in [9.17, 15) is 4.79 Å². The summed E-state index contributed by atoms with van der Waals surface area (Å²) >= 11 is 0. The number of carbonyl (C=O) groups excluding carboxylic acids is 1. The van der Waals surface area contributed by atoms with Gasteiger partial charge in [0.15, 0.2) is 0 Å². The minimum atomic E-state index is 0.0841. The first kappa shape index (κ1) is 16.3. The number of fused-ring (bicyclic) bond motifs is 2. The van der Waals surface area contributed by atoms with Crippen molar-refractivity contribution >= 4 is 11.6 Å². The molecule has 2 saturated carbocycles. The standard InChI is InChI=1S/C19H28N2O2/c1-3-23-17-9-12(2)7-8-16(17)21-19(22)15-10-13-5-4-6-14(11-15)18(13)20/h7-9,13-15,18H,3-6,10-11,20H2,1-2H3,(H,21,22). The van der Waals surface area contributed by atoms with Crippen molar-refractivity contribution in [3.05, 3.63) is 23.8 Å². The van der Waals surface area contributed by atoms with Gasteiger partial charge in [-0.15, -0.1) is 0 Å². The molecule has 2 bridgehead atoms. The molecule has 1 amide bonds. The molecule has 2 aliphatic carbocycles. The van der Waals surface area contributed by atoms with Crippen molar-refractivity contribution < 1.29 is 9.53 Å². The highest BCUT2D eigenvalue weighted by atomic mass is 16.5. The number of nitrogens with one attached hydrogen (secondary N) is 1. The molecule has 2 unspecified atom stereocenters. The molecular formula is C19H28N2O2. The number of anilines is 1. The average molecular weight is 316 g/mol. The van der Waals surface area contributed by atoms with Crippen LogP contribution in [0.2, 0.25) is 0 Å². The fraction of sp³-hybridized carbons (Fsp3) is 0.632. The van der Waals surface area contributed by atoms with Crippen molar-refractivity contribution in [2.75, 3.05) is 11.9 Å². The van der Waals surface area contributed by atoms with Crippen LogP contribution in [0.5, 0.6) is 5.75 Å². The summed E-state index contributed by atoms with van der Waals surface area (Å²) in [6.07, 6.45) is 5.48. The fourth-order valence-electron chi connectivity index (χ4n) is 4.25. The van der Waals surface area contributed by atoms with E-state index in [-0.39, 0.29) is 11.8 Å². The smallest absolute Gasteiger partial charge is 0.227 e. The highest BCUT2D eigenvalue weighted by Crippen LogP contribution is 2.42. The van der Waals surface area contributed by atoms with Crippen LogP contribution in [-0.2, 0) is 4.79 Å². The van der Waals surface area contributed by atoms with E-state index in [2.05, 4.69) is 5.32 Å². The van der Waals surface area contributed by atoms with Gasteiger partial charge in [0.05, 0.1) is 12.3 Å². The Balaban J connectivity index is 1.70. The second kappa shape index (κ2) is 6.91. The van der Waals surface area contributed by atoms with Gasteiger partial charge in [-0.2, -0.15) is 0 Å². The number of hydrogen-bond acceptors (Lipinski definition) is 3. The van der Waals surface area contributed by atoms with Crippen molar-refractivity contribution in [2.24, 2.45) is 23.5 Å². The SMILES string of the molecule is CCOc1cc(C)ccc1NC(=O)C1CC2CCCC(C1)C2N. The van der Waals surface area contributed by atoms with Gasteiger partial charge in [0.25, 0.3) is 0 Å². The highest BCUT2D eigenvalue weighted by molar-refractivity contribution is 5.94. The molecule has 1 aromatic carbocycles. The molecule has 3 rings (SSSR count). The molecule has 3 N–H and O–H groups in total. The third kappa shape index (κ3) is 3.52. The minimum absolute atomic E-state index is 0.0841. The summed E-state index contributed by atoms with van der Waals surface area (Å²) in [4.78, 5) is 12.7. The van der Waals surface area contributed by atoms with Crippen molar-refractivity contribution in [1.29, 1.82) is 0 Å². The molecule has 0 radical (unpaired) electrons. The average Bonchev–Trinajstić information content (AvgIpc) is 2.50. The topological polar surface area (TPSA) is 64.3 Å². The molecule has 2 atom stereocenters. The Morgan fingerprint density at radius 3 is 2.65 bits per heavy atom. The molecule has 0 heterocycles. The first-order chi connectivity index (χ1) is 11.1. The van der Waals surface area contributed by atoms with Gasteiger partial charge >= 0.3 is 0 Å². The van der Waals surface area contributed by atoms with Gasteiger partial charge in [-0.1, -0.05) is 12.5 Å². The maximum atomic E-state index is 12.7. The number of rotatable bonds is 4. The first-order valence-corrected chi connectivity index (χ1v) is 8.88. The molecule has 0 saturated heterocycles. The zero-order chi connectivity index (χ0) is 16.4. The van der Waals surface area contributed by atoms with Crippen molar-refractivity contribution in [3.8, 4) is 5.75 Å². The van der Waals surface area contributed by atoms with Gasteiger partial charge in [0, 0.05) is 12.0 Å². The summed E-state index contributed by atoms with van der Waals surface area (Å²) in [5, 5.41) is 3.09. The van der Waals surface area contributed by atoms with Gasteiger partial charge in [0.1, 0.15) is 5.75 Å². The predicted molar refractivity (Wildman–Crippen MR) is 92.5 cm³/mol. The zero-order valence-electron chi connectivity index (χ0n) is 14.2. The summed E-state index contributed by atoms with van der Waals surface area (Å²) in [6, 6.07) is 6.22. The van der Waals surface area contributed by atoms with Crippen molar-refractivity contribution in [1.82, 2.24) is 0 Å². The summed E-state index contributed by atoms with van der Waals surface area (Å²) in [7, 11) is 0. The maximum absolute atomic E-state index is 12.7. The third-order valence-corrected chi connectivity index (χ3v) is 5.48. The Bertz CT molecular complexity index is 558. The van der Waals surface area contributed by atoms with Crippen LogP contribution in [0.4, 0.5) is 5.69 Å². The van der Waals surface area contributed by atoms with Crippen LogP contribution in [0.3, 0.4) is 0 Å². The van der Waals surface area contributed by atoms with Gasteiger partial charge in [-0.25, -0.2) is 0 Å². The van der Waals surface area contributed by atoms with E-state index in [4.69, 9.17) is 10.5 Å². The monoisotopic (exact) mass is 316 g/mol. The predicted octanol–water partition coefficient (Wildman–Crippen LogP) is 3.49. The van der Waals surface area contributed by atoms with E-state index in [1.165, 1.54) is 19.3 Å². The van der Waals surface area contributed by atoms with Crippen molar-refractivity contribution in [2.45, 2.75) is 52.0 Å². The van der Waals surface area contributed by atoms with Crippen LogP contribution in [0.15, 0.2) is 18.2 Å². The van der Waals surface area contributed by atoms with Crippen LogP contribution < -0.4 is 15.8 Å². The molecule has 126 valence electrons. The first-order valence-electron chi connectivity index (χ1n) is 8.88. The lowest BCUT2D eigenvalue weighted by Gasteiger charge is -2.43. The van der Waals surface area contributed by atoms with Crippen LogP contribution in [-0.4, -0.2) is 18.6 Å². The Kier molecular flexibility index (Phi) is 4.90. The zero-order valence-corrected chi connectivity index (χ0v) is 14.2. The number of aryl methyl sites for hydroxylation is 1. The van der Waals surface area contributed by atoms with Gasteiger partial charge in [-0.3, -0.25) is 4.79 Å². The molecule has 23 heavy (non-hydrogen) atoms. The van der Waals surface area contributed by atoms with Crippen LogP contribution >= 0.6 is 0 Å². The number of carbonyl (C=O) groups is 1. The van der Waals surface area contributed by atoms with Crippen LogP contribution in [0.25, 0.3) is 0 Å². The number of nitrogens with two attached hydrogens (primary N) is 1. The Labute approximate surface area is 138 Å². The fourth-order valence-corrected chi connectivity index (χ4v) is 4.25. The number of benzene rings is 1. The number of ether oxygens (including phenoxy) is 1. The lowest BCUT2D eigenvalue weighted by Crippen LogP contribution is -2.48. The molecule has 2 aliphatic rings. The maximum Gasteiger partial charge on any atom is 0.227 e. The molecular weight excluding hydrogens is 288 g/mol. The highest BCUT2D eigenvalue weighted by Gasteiger charge is 2.40. The Morgan fingerprint density at radius 2 is 2.00 bits per heavy atom. The van der Waals surface area contributed by atoms with Gasteiger partial charge < -0.3 is 15.8 Å². The van der Waals surface area contributed by atoms with Crippen LogP contribution in [0.1, 0.15) is 44.6 Å². The molecule has 2 fully saturated rings. The Hall–Kier alpha value is -1.55.